The molecular formula is C37H46N2O5. The number of ketones is 1. The molecule has 1 aliphatic rings. The number of hydrogen-bond acceptors (Lipinski definition) is 6. The van der Waals surface area contributed by atoms with Gasteiger partial charge in [0, 0.05) is 12.1 Å². The third kappa shape index (κ3) is 8.29. The van der Waals surface area contributed by atoms with E-state index in [0.29, 0.717) is 31.1 Å². The summed E-state index contributed by atoms with van der Waals surface area (Å²) < 4.78 is 11.8. The van der Waals surface area contributed by atoms with Gasteiger partial charge in [0.05, 0.1) is 18.2 Å². The Bertz CT molecular complexity index is 1390. The number of nitrogens with zero attached hydrogens (tertiary/aromatic N) is 2. The molecule has 1 saturated heterocycles. The molecule has 234 valence electrons. The number of benzene rings is 3. The quantitative estimate of drug-likeness (QED) is 0.0807. The molecule has 3 aromatic rings. The summed E-state index contributed by atoms with van der Waals surface area (Å²) in [5, 5.41) is 11.5. The molecule has 0 saturated carbocycles. The minimum absolute atomic E-state index is 0.0998. The SMILES string of the molecule is CCCCCOc1ccc(C2C(=C(O)c3ccc(OCc4ccc(C)cc4)cc3)C(=O)C(=O)N2CCCN(CC)CC)cc1. The Kier molecular flexibility index (Phi) is 12.0. The number of ether oxygens (including phenoxy) is 2. The van der Waals surface area contributed by atoms with E-state index in [1.54, 1.807) is 29.2 Å². The summed E-state index contributed by atoms with van der Waals surface area (Å²) in [6, 6.07) is 21.9. The Morgan fingerprint density at radius 3 is 2.09 bits per heavy atom. The summed E-state index contributed by atoms with van der Waals surface area (Å²) in [4.78, 5) is 30.8. The summed E-state index contributed by atoms with van der Waals surface area (Å²) in [5.74, 6) is -0.0665. The van der Waals surface area contributed by atoms with Gasteiger partial charge < -0.3 is 24.4 Å². The Morgan fingerprint density at radius 2 is 1.45 bits per heavy atom. The van der Waals surface area contributed by atoms with Crippen molar-refractivity contribution in [3.8, 4) is 11.5 Å². The fraction of sp³-hybridized carbons (Fsp3) is 0.405. The van der Waals surface area contributed by atoms with Gasteiger partial charge in [0.15, 0.2) is 0 Å². The molecule has 1 unspecified atom stereocenters. The van der Waals surface area contributed by atoms with Crippen LogP contribution in [0.2, 0.25) is 0 Å². The van der Waals surface area contributed by atoms with Crippen molar-refractivity contribution in [2.45, 2.75) is 66.0 Å². The average molecular weight is 599 g/mol. The third-order valence-corrected chi connectivity index (χ3v) is 8.17. The molecule has 0 bridgehead atoms. The summed E-state index contributed by atoms with van der Waals surface area (Å²) in [7, 11) is 0. The van der Waals surface area contributed by atoms with Crippen LogP contribution in [0.3, 0.4) is 0 Å². The number of rotatable bonds is 16. The van der Waals surface area contributed by atoms with Crippen LogP contribution in [0.5, 0.6) is 11.5 Å². The highest BCUT2D eigenvalue weighted by Gasteiger charge is 2.45. The monoisotopic (exact) mass is 598 g/mol. The number of aryl methyl sites for hydroxylation is 1. The average Bonchev–Trinajstić information content (AvgIpc) is 3.30. The topological polar surface area (TPSA) is 79.3 Å². The van der Waals surface area contributed by atoms with E-state index in [-0.39, 0.29) is 11.3 Å². The van der Waals surface area contributed by atoms with Crippen LogP contribution in [-0.2, 0) is 16.2 Å². The van der Waals surface area contributed by atoms with Gasteiger partial charge in [0.25, 0.3) is 11.7 Å². The van der Waals surface area contributed by atoms with E-state index >= 15 is 0 Å². The molecule has 1 amide bonds. The van der Waals surface area contributed by atoms with Crippen LogP contribution in [0.15, 0.2) is 78.4 Å². The summed E-state index contributed by atoms with van der Waals surface area (Å²) in [6.07, 6.45) is 3.94. The Morgan fingerprint density at radius 1 is 0.818 bits per heavy atom. The Balaban J connectivity index is 1.58. The molecule has 0 spiro atoms. The van der Waals surface area contributed by atoms with Gasteiger partial charge in [0.1, 0.15) is 23.9 Å². The molecule has 4 rings (SSSR count). The number of aliphatic hydroxyl groups excluding tert-OH is 1. The Hall–Kier alpha value is -4.10. The number of carbonyl (C=O) groups excluding carboxylic acids is 2. The fourth-order valence-corrected chi connectivity index (χ4v) is 5.47. The van der Waals surface area contributed by atoms with E-state index in [1.807, 2.05) is 55.5 Å². The second-order valence-electron chi connectivity index (χ2n) is 11.3. The van der Waals surface area contributed by atoms with Gasteiger partial charge in [-0.1, -0.05) is 75.6 Å². The summed E-state index contributed by atoms with van der Waals surface area (Å²) >= 11 is 0. The number of Topliss-reactive ketones (excluding diaryl/α,β-unsaturated/α-hetero) is 1. The highest BCUT2D eigenvalue weighted by Crippen LogP contribution is 2.40. The first-order valence-electron chi connectivity index (χ1n) is 15.9. The predicted octanol–water partition coefficient (Wildman–Crippen LogP) is 7.30. The fourth-order valence-electron chi connectivity index (χ4n) is 5.47. The maximum atomic E-state index is 13.5. The smallest absolute Gasteiger partial charge is 0.295 e. The van der Waals surface area contributed by atoms with Gasteiger partial charge >= 0.3 is 0 Å². The zero-order chi connectivity index (χ0) is 31.5. The van der Waals surface area contributed by atoms with E-state index in [0.717, 1.165) is 62.2 Å². The van der Waals surface area contributed by atoms with Crippen LogP contribution in [-0.4, -0.2) is 59.4 Å². The van der Waals surface area contributed by atoms with Crippen molar-refractivity contribution >= 4 is 17.4 Å². The van der Waals surface area contributed by atoms with Crippen LogP contribution in [0.25, 0.3) is 5.76 Å². The predicted molar refractivity (Wildman–Crippen MR) is 175 cm³/mol. The summed E-state index contributed by atoms with van der Waals surface area (Å²) in [6.45, 7) is 12.5. The van der Waals surface area contributed by atoms with Crippen molar-refractivity contribution in [3.05, 3.63) is 101 Å². The minimum Gasteiger partial charge on any atom is -0.507 e. The molecule has 0 aromatic heterocycles. The lowest BCUT2D eigenvalue weighted by molar-refractivity contribution is -0.140. The highest BCUT2D eigenvalue weighted by molar-refractivity contribution is 6.46. The molecule has 0 aliphatic carbocycles. The van der Waals surface area contributed by atoms with Gasteiger partial charge in [-0.15, -0.1) is 0 Å². The van der Waals surface area contributed by atoms with Crippen LogP contribution in [0.1, 0.15) is 74.8 Å². The van der Waals surface area contributed by atoms with Crippen LogP contribution in [0, 0.1) is 6.92 Å². The van der Waals surface area contributed by atoms with Crippen LogP contribution in [0.4, 0.5) is 0 Å². The standard InChI is InChI=1S/C37H46N2O5/c1-5-8-9-25-43-31-19-15-29(16-20-31)34-33(36(41)37(42)39(34)24-10-23-38(6-2)7-3)35(40)30-17-21-32(22-18-30)44-26-28-13-11-27(4)12-14-28/h11-22,34,40H,5-10,23-26H2,1-4H3. The third-order valence-electron chi connectivity index (χ3n) is 8.17. The van der Waals surface area contributed by atoms with Gasteiger partial charge in [-0.3, -0.25) is 9.59 Å². The zero-order valence-corrected chi connectivity index (χ0v) is 26.6. The molecule has 1 heterocycles. The van der Waals surface area contributed by atoms with Crippen molar-refractivity contribution in [3.63, 3.8) is 0 Å². The van der Waals surface area contributed by atoms with Crippen molar-refractivity contribution in [2.24, 2.45) is 0 Å². The first-order valence-corrected chi connectivity index (χ1v) is 15.9. The molecule has 1 N–H and O–H groups in total. The molecule has 1 atom stereocenters. The normalized spacial score (nSPS) is 16.1. The maximum Gasteiger partial charge on any atom is 0.295 e. The molecule has 1 aliphatic heterocycles. The van der Waals surface area contributed by atoms with Crippen LogP contribution < -0.4 is 9.47 Å². The van der Waals surface area contributed by atoms with E-state index in [1.165, 1.54) is 5.56 Å². The first kappa shape index (κ1) is 32.8. The number of hydrogen-bond donors (Lipinski definition) is 1. The van der Waals surface area contributed by atoms with Crippen LogP contribution >= 0.6 is 0 Å². The lowest BCUT2D eigenvalue weighted by atomic mass is 9.95. The number of carbonyl (C=O) groups is 2. The molecular weight excluding hydrogens is 552 g/mol. The Labute approximate surface area is 262 Å². The molecule has 0 radical (unpaired) electrons. The number of likely N-dealkylation sites (tertiary alicyclic amines) is 1. The maximum absolute atomic E-state index is 13.5. The zero-order valence-electron chi connectivity index (χ0n) is 26.6. The number of aliphatic hydroxyl groups is 1. The van der Waals surface area contributed by atoms with Crippen molar-refractivity contribution < 1.29 is 24.2 Å². The second kappa shape index (κ2) is 16.1. The number of unbranched alkanes of at least 4 members (excludes halogenated alkanes) is 2. The van der Waals surface area contributed by atoms with Crippen molar-refractivity contribution in [2.75, 3.05) is 32.8 Å². The lowest BCUT2D eigenvalue weighted by Gasteiger charge is -2.27. The lowest BCUT2D eigenvalue weighted by Crippen LogP contribution is -2.33. The van der Waals surface area contributed by atoms with E-state index < -0.39 is 17.7 Å². The number of amides is 1. The largest absolute Gasteiger partial charge is 0.507 e. The van der Waals surface area contributed by atoms with Gasteiger partial charge in [0.2, 0.25) is 0 Å². The van der Waals surface area contributed by atoms with E-state index in [4.69, 9.17) is 9.47 Å². The van der Waals surface area contributed by atoms with Gasteiger partial charge in [-0.25, -0.2) is 0 Å². The molecule has 1 fully saturated rings. The van der Waals surface area contributed by atoms with E-state index in [2.05, 4.69) is 25.7 Å². The highest BCUT2D eigenvalue weighted by atomic mass is 16.5. The van der Waals surface area contributed by atoms with Gasteiger partial charge in [-0.05, 0) is 86.9 Å². The molecule has 7 nitrogen and oxygen atoms in total. The first-order chi connectivity index (χ1) is 21.4. The summed E-state index contributed by atoms with van der Waals surface area (Å²) in [5.41, 5.74) is 3.56. The molecule has 3 aromatic carbocycles. The molecule has 7 heteroatoms. The minimum atomic E-state index is -0.696. The van der Waals surface area contributed by atoms with E-state index in [9.17, 15) is 14.7 Å². The van der Waals surface area contributed by atoms with Crippen molar-refractivity contribution in [1.82, 2.24) is 9.80 Å². The van der Waals surface area contributed by atoms with Gasteiger partial charge in [-0.2, -0.15) is 0 Å². The molecule has 44 heavy (non-hydrogen) atoms. The second-order valence-corrected chi connectivity index (χ2v) is 11.3. The van der Waals surface area contributed by atoms with Crippen molar-refractivity contribution in [1.29, 1.82) is 0 Å².